The van der Waals surface area contributed by atoms with Crippen LogP contribution in [-0.4, -0.2) is 24.8 Å². The zero-order valence-corrected chi connectivity index (χ0v) is 6.22. The zero-order chi connectivity index (χ0) is 8.85. The maximum Gasteiger partial charge on any atom is 0.322 e. The number of hydrogen-bond donors (Lipinski definition) is 2. The molecule has 5 nitrogen and oxygen atoms in total. The van der Waals surface area contributed by atoms with Crippen LogP contribution in [-0.2, 0) is 9.59 Å². The summed E-state index contributed by atoms with van der Waals surface area (Å²) in [6.07, 6.45) is 0.650. The molecule has 1 saturated heterocycles. The van der Waals surface area contributed by atoms with E-state index in [0.717, 1.165) is 0 Å². The molecule has 0 bridgehead atoms. The zero-order valence-electron chi connectivity index (χ0n) is 6.22. The van der Waals surface area contributed by atoms with Gasteiger partial charge in [-0.3, -0.25) is 10.1 Å². The van der Waals surface area contributed by atoms with Gasteiger partial charge in [-0.1, -0.05) is 6.92 Å². The van der Waals surface area contributed by atoms with E-state index in [9.17, 15) is 9.59 Å². The van der Waals surface area contributed by atoms with E-state index in [0.29, 0.717) is 6.42 Å². The van der Waals surface area contributed by atoms with Crippen molar-refractivity contribution in [3.63, 3.8) is 0 Å². The highest BCUT2D eigenvalue weighted by Gasteiger charge is 2.26. The maximum absolute atomic E-state index is 10.6. The van der Waals surface area contributed by atoms with Crippen molar-refractivity contribution >= 4 is 18.7 Å². The molecule has 0 aliphatic carbocycles. The van der Waals surface area contributed by atoms with Gasteiger partial charge in [0.1, 0.15) is 12.8 Å². The van der Waals surface area contributed by atoms with Crippen molar-refractivity contribution in [3.8, 4) is 0 Å². The molecule has 0 saturated carbocycles. The molecule has 1 atom stereocenters. The standard InChI is InChI=1S/C5H8N2O2.CH2O/c1-2-3-4(8)7-5(9)6-3;1-2/h3H,2H2,1H3,(H2,6,7,8,9);1H2. The van der Waals surface area contributed by atoms with Crippen molar-refractivity contribution in [2.75, 3.05) is 0 Å². The number of carbonyl (C=O) groups is 3. The normalized spacial score (nSPS) is 21.4. The van der Waals surface area contributed by atoms with E-state index >= 15 is 0 Å². The Morgan fingerprint density at radius 2 is 2.00 bits per heavy atom. The molecule has 2 N–H and O–H groups in total. The van der Waals surface area contributed by atoms with Gasteiger partial charge in [0, 0.05) is 0 Å². The lowest BCUT2D eigenvalue weighted by Gasteiger charge is -1.98. The molecule has 1 fully saturated rings. The van der Waals surface area contributed by atoms with Crippen LogP contribution in [0.3, 0.4) is 0 Å². The molecular formula is C6H10N2O3. The van der Waals surface area contributed by atoms with Gasteiger partial charge in [0.05, 0.1) is 0 Å². The van der Waals surface area contributed by atoms with Crippen molar-refractivity contribution in [1.29, 1.82) is 0 Å². The van der Waals surface area contributed by atoms with Gasteiger partial charge in [0.25, 0.3) is 5.91 Å². The first-order chi connectivity index (χ1) is 5.24. The van der Waals surface area contributed by atoms with E-state index in [1.165, 1.54) is 0 Å². The second-order valence-electron chi connectivity index (χ2n) is 1.92. The average Bonchev–Trinajstić information content (AvgIpc) is 2.33. The molecule has 5 heteroatoms. The van der Waals surface area contributed by atoms with E-state index in [1.54, 1.807) is 0 Å². The molecule has 1 rings (SSSR count). The predicted octanol–water partition coefficient (Wildman–Crippen LogP) is -0.581. The van der Waals surface area contributed by atoms with E-state index in [-0.39, 0.29) is 18.0 Å². The van der Waals surface area contributed by atoms with Gasteiger partial charge in [0.15, 0.2) is 0 Å². The van der Waals surface area contributed by atoms with Crippen LogP contribution in [0.15, 0.2) is 0 Å². The highest BCUT2D eigenvalue weighted by molar-refractivity contribution is 6.04. The van der Waals surface area contributed by atoms with Gasteiger partial charge in [-0.25, -0.2) is 4.79 Å². The predicted molar refractivity (Wildman–Crippen MR) is 37.9 cm³/mol. The van der Waals surface area contributed by atoms with E-state index < -0.39 is 0 Å². The van der Waals surface area contributed by atoms with Crippen molar-refractivity contribution in [2.45, 2.75) is 19.4 Å². The third kappa shape index (κ3) is 2.37. The van der Waals surface area contributed by atoms with Gasteiger partial charge >= 0.3 is 6.03 Å². The number of rotatable bonds is 1. The van der Waals surface area contributed by atoms with Crippen molar-refractivity contribution in [1.82, 2.24) is 10.6 Å². The van der Waals surface area contributed by atoms with Crippen LogP contribution in [0.2, 0.25) is 0 Å². The van der Waals surface area contributed by atoms with Crippen LogP contribution >= 0.6 is 0 Å². The molecule has 1 unspecified atom stereocenters. The average molecular weight is 158 g/mol. The molecule has 0 spiro atoms. The second-order valence-corrected chi connectivity index (χ2v) is 1.92. The number of nitrogens with one attached hydrogen (secondary N) is 2. The third-order valence-corrected chi connectivity index (χ3v) is 1.27. The van der Waals surface area contributed by atoms with Crippen molar-refractivity contribution in [3.05, 3.63) is 0 Å². The monoisotopic (exact) mass is 158 g/mol. The molecule has 3 amide bonds. The quantitative estimate of drug-likeness (QED) is 0.501. The lowest BCUT2D eigenvalue weighted by atomic mass is 10.2. The lowest BCUT2D eigenvalue weighted by Crippen LogP contribution is -2.27. The number of carbonyl (C=O) groups excluding carboxylic acids is 3. The van der Waals surface area contributed by atoms with Gasteiger partial charge in [-0.2, -0.15) is 0 Å². The lowest BCUT2D eigenvalue weighted by molar-refractivity contribution is -0.120. The third-order valence-electron chi connectivity index (χ3n) is 1.27. The van der Waals surface area contributed by atoms with Crippen LogP contribution in [0, 0.1) is 0 Å². The fraction of sp³-hybridized carbons (Fsp3) is 0.500. The smallest absolute Gasteiger partial charge is 0.322 e. The van der Waals surface area contributed by atoms with Crippen LogP contribution in [0.4, 0.5) is 4.79 Å². The summed E-state index contributed by atoms with van der Waals surface area (Å²) in [5, 5.41) is 4.58. The summed E-state index contributed by atoms with van der Waals surface area (Å²) >= 11 is 0. The minimum atomic E-state index is -0.383. The van der Waals surface area contributed by atoms with Gasteiger partial charge in [0.2, 0.25) is 0 Å². The molecule has 1 aliphatic rings. The Morgan fingerprint density at radius 3 is 2.18 bits per heavy atom. The molecule has 0 aromatic carbocycles. The first-order valence-electron chi connectivity index (χ1n) is 3.14. The van der Waals surface area contributed by atoms with Crippen molar-refractivity contribution in [2.24, 2.45) is 0 Å². The Morgan fingerprint density at radius 1 is 1.45 bits per heavy atom. The summed E-state index contributed by atoms with van der Waals surface area (Å²) in [7, 11) is 0. The van der Waals surface area contributed by atoms with E-state index in [2.05, 4.69) is 10.6 Å². The minimum absolute atomic E-state index is 0.220. The van der Waals surface area contributed by atoms with Gasteiger partial charge in [-0.05, 0) is 6.42 Å². The summed E-state index contributed by atoms with van der Waals surface area (Å²) in [5.74, 6) is -0.220. The Bertz CT molecular complexity index is 169. The molecule has 62 valence electrons. The second kappa shape index (κ2) is 4.43. The SMILES string of the molecule is C=O.CCC1NC(=O)NC1=O. The topological polar surface area (TPSA) is 75.3 Å². The Balaban J connectivity index is 0.000000461. The van der Waals surface area contributed by atoms with Gasteiger partial charge < -0.3 is 10.1 Å². The summed E-state index contributed by atoms with van der Waals surface area (Å²) in [4.78, 5) is 29.0. The molecule has 0 aromatic rings. The number of hydrogen-bond acceptors (Lipinski definition) is 3. The Kier molecular flexibility index (Phi) is 3.87. The maximum atomic E-state index is 10.6. The number of imide groups is 1. The van der Waals surface area contributed by atoms with Gasteiger partial charge in [-0.15, -0.1) is 0 Å². The first kappa shape index (κ1) is 9.61. The molecule has 1 heterocycles. The summed E-state index contributed by atoms with van der Waals surface area (Å²) in [6, 6.07) is -0.690. The van der Waals surface area contributed by atoms with Crippen LogP contribution < -0.4 is 10.6 Å². The van der Waals surface area contributed by atoms with E-state index in [1.807, 2.05) is 13.7 Å². The van der Waals surface area contributed by atoms with Crippen LogP contribution in [0.5, 0.6) is 0 Å². The minimum Gasteiger partial charge on any atom is -0.326 e. The molecule has 0 aromatic heterocycles. The number of urea groups is 1. The highest BCUT2D eigenvalue weighted by Crippen LogP contribution is 1.95. The van der Waals surface area contributed by atoms with Crippen LogP contribution in [0.25, 0.3) is 0 Å². The summed E-state index contributed by atoms with van der Waals surface area (Å²) in [5.41, 5.74) is 0. The summed E-state index contributed by atoms with van der Waals surface area (Å²) in [6.45, 7) is 3.84. The Labute approximate surface area is 64.1 Å². The van der Waals surface area contributed by atoms with Crippen LogP contribution in [0.1, 0.15) is 13.3 Å². The Hall–Kier alpha value is -1.39. The van der Waals surface area contributed by atoms with E-state index in [4.69, 9.17) is 4.79 Å². The molecule has 1 aliphatic heterocycles. The number of amides is 3. The van der Waals surface area contributed by atoms with Crippen molar-refractivity contribution < 1.29 is 14.4 Å². The summed E-state index contributed by atoms with van der Waals surface area (Å²) < 4.78 is 0. The molecule has 0 radical (unpaired) electrons. The largest absolute Gasteiger partial charge is 0.326 e. The fourth-order valence-corrected chi connectivity index (χ4v) is 0.746. The first-order valence-corrected chi connectivity index (χ1v) is 3.14. The fourth-order valence-electron chi connectivity index (χ4n) is 0.746. The molecular weight excluding hydrogens is 148 g/mol. The molecule has 11 heavy (non-hydrogen) atoms. The highest BCUT2D eigenvalue weighted by atomic mass is 16.2.